The standard InChI is InChI=1S/C13H22N2OS/c1-10-3-5-12(6-4-10)16-8-11-9-17-13(15-11)7-14-2/h9-10,12,14H,3-8H2,1-2H3. The van der Waals surface area contributed by atoms with Crippen molar-refractivity contribution in [1.29, 1.82) is 0 Å². The molecule has 1 N–H and O–H groups in total. The number of nitrogens with one attached hydrogen (secondary N) is 1. The Hall–Kier alpha value is -0.450. The van der Waals surface area contributed by atoms with Gasteiger partial charge in [0, 0.05) is 11.9 Å². The summed E-state index contributed by atoms with van der Waals surface area (Å²) in [4.78, 5) is 4.53. The smallest absolute Gasteiger partial charge is 0.107 e. The molecule has 1 saturated carbocycles. The van der Waals surface area contributed by atoms with E-state index < -0.39 is 0 Å². The fourth-order valence-corrected chi connectivity index (χ4v) is 3.04. The summed E-state index contributed by atoms with van der Waals surface area (Å²) in [7, 11) is 1.95. The van der Waals surface area contributed by atoms with E-state index in [1.54, 1.807) is 11.3 Å². The van der Waals surface area contributed by atoms with E-state index >= 15 is 0 Å². The van der Waals surface area contributed by atoms with Crippen molar-refractivity contribution in [3.63, 3.8) is 0 Å². The Labute approximate surface area is 108 Å². The van der Waals surface area contributed by atoms with Crippen molar-refractivity contribution in [1.82, 2.24) is 10.3 Å². The van der Waals surface area contributed by atoms with Crippen LogP contribution in [0, 0.1) is 5.92 Å². The molecule has 17 heavy (non-hydrogen) atoms. The highest BCUT2D eigenvalue weighted by molar-refractivity contribution is 7.09. The summed E-state index contributed by atoms with van der Waals surface area (Å²) in [5.41, 5.74) is 1.08. The maximum Gasteiger partial charge on any atom is 0.107 e. The van der Waals surface area contributed by atoms with Crippen LogP contribution in [0.3, 0.4) is 0 Å². The van der Waals surface area contributed by atoms with Crippen molar-refractivity contribution in [2.75, 3.05) is 7.05 Å². The quantitative estimate of drug-likeness (QED) is 0.877. The molecule has 1 aliphatic rings. The number of hydrogen-bond donors (Lipinski definition) is 1. The van der Waals surface area contributed by atoms with Crippen molar-refractivity contribution in [2.24, 2.45) is 5.92 Å². The summed E-state index contributed by atoms with van der Waals surface area (Å²) in [5, 5.41) is 6.37. The Kier molecular flexibility index (Phi) is 4.95. The predicted octanol–water partition coefficient (Wildman–Crippen LogP) is 2.96. The first-order valence-corrected chi connectivity index (χ1v) is 7.35. The normalized spacial score (nSPS) is 25.1. The minimum atomic E-state index is 0.459. The van der Waals surface area contributed by atoms with E-state index in [4.69, 9.17) is 4.74 Å². The SMILES string of the molecule is CNCc1nc(COC2CCC(C)CC2)cs1. The molecule has 0 bridgehead atoms. The molecule has 1 heterocycles. The minimum Gasteiger partial charge on any atom is -0.372 e. The van der Waals surface area contributed by atoms with Crippen LogP contribution in [0.25, 0.3) is 0 Å². The molecule has 1 aromatic rings. The molecule has 0 radical (unpaired) electrons. The fraction of sp³-hybridized carbons (Fsp3) is 0.769. The first-order valence-electron chi connectivity index (χ1n) is 6.47. The molecule has 1 fully saturated rings. The lowest BCUT2D eigenvalue weighted by Crippen LogP contribution is -2.20. The van der Waals surface area contributed by atoms with Crippen LogP contribution >= 0.6 is 11.3 Å². The Morgan fingerprint density at radius 3 is 2.88 bits per heavy atom. The third kappa shape index (κ3) is 4.05. The molecule has 96 valence electrons. The third-order valence-electron chi connectivity index (χ3n) is 3.36. The van der Waals surface area contributed by atoms with E-state index in [1.165, 1.54) is 25.7 Å². The van der Waals surface area contributed by atoms with Gasteiger partial charge in [0.2, 0.25) is 0 Å². The molecule has 0 spiro atoms. The molecule has 0 atom stereocenters. The highest BCUT2D eigenvalue weighted by Gasteiger charge is 2.18. The Bertz CT molecular complexity index is 332. The Morgan fingerprint density at radius 1 is 1.41 bits per heavy atom. The van der Waals surface area contributed by atoms with E-state index in [0.717, 1.165) is 23.2 Å². The lowest BCUT2D eigenvalue weighted by atomic mass is 9.89. The number of thiazole rings is 1. The van der Waals surface area contributed by atoms with Crippen LogP contribution in [0.5, 0.6) is 0 Å². The van der Waals surface area contributed by atoms with Gasteiger partial charge in [0.1, 0.15) is 5.01 Å². The fourth-order valence-electron chi connectivity index (χ4n) is 2.25. The van der Waals surface area contributed by atoms with Crippen LogP contribution in [0.15, 0.2) is 5.38 Å². The first-order chi connectivity index (χ1) is 8.28. The predicted molar refractivity (Wildman–Crippen MR) is 71.1 cm³/mol. The number of aromatic nitrogens is 1. The van der Waals surface area contributed by atoms with Crippen molar-refractivity contribution in [3.05, 3.63) is 16.1 Å². The van der Waals surface area contributed by atoms with Gasteiger partial charge in [0.15, 0.2) is 0 Å². The summed E-state index contributed by atoms with van der Waals surface area (Å²) in [6.07, 6.45) is 5.52. The van der Waals surface area contributed by atoms with Gasteiger partial charge in [0.05, 0.1) is 18.4 Å². The monoisotopic (exact) mass is 254 g/mol. The van der Waals surface area contributed by atoms with E-state index in [1.807, 2.05) is 7.05 Å². The molecule has 2 rings (SSSR count). The average molecular weight is 254 g/mol. The van der Waals surface area contributed by atoms with Gasteiger partial charge in [-0.05, 0) is 38.6 Å². The maximum absolute atomic E-state index is 5.93. The molecular weight excluding hydrogens is 232 g/mol. The number of rotatable bonds is 5. The Morgan fingerprint density at radius 2 is 2.18 bits per heavy atom. The zero-order valence-electron chi connectivity index (χ0n) is 10.7. The van der Waals surface area contributed by atoms with Crippen molar-refractivity contribution >= 4 is 11.3 Å². The zero-order chi connectivity index (χ0) is 12.1. The van der Waals surface area contributed by atoms with Crippen LogP contribution in [0.1, 0.15) is 43.3 Å². The lowest BCUT2D eigenvalue weighted by molar-refractivity contribution is 0.00744. The molecule has 1 aromatic heterocycles. The molecule has 4 heteroatoms. The number of ether oxygens (including phenoxy) is 1. The van der Waals surface area contributed by atoms with E-state index in [-0.39, 0.29) is 0 Å². The lowest BCUT2D eigenvalue weighted by Gasteiger charge is -2.25. The van der Waals surface area contributed by atoms with Crippen LogP contribution in [-0.2, 0) is 17.9 Å². The van der Waals surface area contributed by atoms with Crippen molar-refractivity contribution < 1.29 is 4.74 Å². The Balaban J connectivity index is 1.73. The van der Waals surface area contributed by atoms with Gasteiger partial charge in [-0.1, -0.05) is 6.92 Å². The number of nitrogens with zero attached hydrogens (tertiary/aromatic N) is 1. The average Bonchev–Trinajstić information content (AvgIpc) is 2.77. The van der Waals surface area contributed by atoms with Crippen molar-refractivity contribution in [2.45, 2.75) is 51.9 Å². The van der Waals surface area contributed by atoms with E-state index in [9.17, 15) is 0 Å². The molecule has 3 nitrogen and oxygen atoms in total. The zero-order valence-corrected chi connectivity index (χ0v) is 11.6. The minimum absolute atomic E-state index is 0.459. The van der Waals surface area contributed by atoms with Crippen LogP contribution in [-0.4, -0.2) is 18.1 Å². The summed E-state index contributed by atoms with van der Waals surface area (Å²) in [5.74, 6) is 0.886. The topological polar surface area (TPSA) is 34.2 Å². The van der Waals surface area contributed by atoms with Gasteiger partial charge in [0.25, 0.3) is 0 Å². The number of hydrogen-bond acceptors (Lipinski definition) is 4. The highest BCUT2D eigenvalue weighted by atomic mass is 32.1. The summed E-state index contributed by atoms with van der Waals surface area (Å²) in [6, 6.07) is 0. The molecule has 0 saturated heterocycles. The second kappa shape index (κ2) is 6.47. The first kappa shape index (κ1) is 13.0. The van der Waals surface area contributed by atoms with Gasteiger partial charge < -0.3 is 10.1 Å². The van der Waals surface area contributed by atoms with Crippen LogP contribution < -0.4 is 5.32 Å². The summed E-state index contributed by atoms with van der Waals surface area (Å²) >= 11 is 1.71. The largest absolute Gasteiger partial charge is 0.372 e. The summed E-state index contributed by atoms with van der Waals surface area (Å²) < 4.78 is 5.93. The highest BCUT2D eigenvalue weighted by Crippen LogP contribution is 2.26. The molecular formula is C13H22N2OS. The van der Waals surface area contributed by atoms with Gasteiger partial charge in [-0.2, -0.15) is 0 Å². The van der Waals surface area contributed by atoms with Gasteiger partial charge >= 0.3 is 0 Å². The third-order valence-corrected chi connectivity index (χ3v) is 4.25. The van der Waals surface area contributed by atoms with Gasteiger partial charge in [-0.15, -0.1) is 11.3 Å². The molecule has 0 unspecified atom stereocenters. The van der Waals surface area contributed by atoms with Gasteiger partial charge in [-0.3, -0.25) is 0 Å². The van der Waals surface area contributed by atoms with E-state index in [2.05, 4.69) is 22.6 Å². The van der Waals surface area contributed by atoms with Gasteiger partial charge in [-0.25, -0.2) is 4.98 Å². The molecule has 0 amide bonds. The molecule has 0 aromatic carbocycles. The van der Waals surface area contributed by atoms with Crippen LogP contribution in [0.4, 0.5) is 0 Å². The van der Waals surface area contributed by atoms with E-state index in [0.29, 0.717) is 12.7 Å². The van der Waals surface area contributed by atoms with Crippen LogP contribution in [0.2, 0.25) is 0 Å². The maximum atomic E-state index is 5.93. The molecule has 0 aliphatic heterocycles. The summed E-state index contributed by atoms with van der Waals surface area (Å²) in [6.45, 7) is 3.87. The molecule has 1 aliphatic carbocycles. The second-order valence-electron chi connectivity index (χ2n) is 4.96. The van der Waals surface area contributed by atoms with Crippen molar-refractivity contribution in [3.8, 4) is 0 Å². The second-order valence-corrected chi connectivity index (χ2v) is 5.90.